The summed E-state index contributed by atoms with van der Waals surface area (Å²) in [5.41, 5.74) is 12.6. The Hall–Kier alpha value is -4.62. The lowest BCUT2D eigenvalue weighted by Crippen LogP contribution is -2.59. The molecule has 0 aliphatic carbocycles. The van der Waals surface area contributed by atoms with Crippen molar-refractivity contribution in [3.63, 3.8) is 0 Å². The van der Waals surface area contributed by atoms with E-state index in [0.717, 1.165) is 16.5 Å². The topological polar surface area (TPSA) is 226 Å². The van der Waals surface area contributed by atoms with Crippen molar-refractivity contribution in [1.82, 2.24) is 31.6 Å². The molecule has 1 aliphatic rings. The van der Waals surface area contributed by atoms with Gasteiger partial charge in [0.1, 0.15) is 30.2 Å². The fraction of sp³-hybridized carbons (Fsp3) is 0.600. The number of benzene rings is 1. The molecule has 2 aromatic rings. The molecule has 3 rings (SSSR count). The largest absolute Gasteiger partial charge is 0.370 e. The molecule has 5 amide bonds. The molecular weight excluding hydrogens is 626 g/mol. The second-order valence-corrected chi connectivity index (χ2v) is 14.1. The van der Waals surface area contributed by atoms with Gasteiger partial charge in [0.25, 0.3) is 0 Å². The number of amides is 5. The molecule has 0 bridgehead atoms. The number of fused-ring (bicyclic) bond motifs is 1. The lowest BCUT2D eigenvalue weighted by molar-refractivity contribution is -0.135. The number of carbonyl (C=O) groups excluding carboxylic acids is 5. The van der Waals surface area contributed by atoms with Crippen molar-refractivity contribution in [3.8, 4) is 0 Å². The molecule has 2 heterocycles. The normalized spacial score (nSPS) is 23.0. The first-order valence-electron chi connectivity index (χ1n) is 17.3. The number of aromatic nitrogens is 1. The predicted octanol–water partition coefficient (Wildman–Crippen LogP) is 1.34. The number of hydrogen-bond donors (Lipinski definition) is 8. The van der Waals surface area contributed by atoms with Gasteiger partial charge in [0.05, 0.1) is 0 Å². The minimum Gasteiger partial charge on any atom is -0.370 e. The Morgan fingerprint density at radius 1 is 0.694 bits per heavy atom. The highest BCUT2D eigenvalue weighted by atomic mass is 16.2. The number of rotatable bonds is 12. The molecule has 5 atom stereocenters. The van der Waals surface area contributed by atoms with Gasteiger partial charge in [-0.25, -0.2) is 0 Å². The number of carbonyl (C=O) groups is 5. The molecule has 10 N–H and O–H groups in total. The second-order valence-electron chi connectivity index (χ2n) is 14.1. The summed E-state index contributed by atoms with van der Waals surface area (Å²) in [7, 11) is 0. The quantitative estimate of drug-likeness (QED) is 0.0931. The van der Waals surface area contributed by atoms with Gasteiger partial charge < -0.3 is 43.0 Å². The molecule has 14 heteroatoms. The average Bonchev–Trinajstić information content (AvgIpc) is 3.43. The number of aromatic amines is 1. The van der Waals surface area contributed by atoms with Gasteiger partial charge in [-0.3, -0.25) is 29.0 Å². The minimum absolute atomic E-state index is 0.00853. The number of aliphatic imine (C=N–C) groups is 1. The van der Waals surface area contributed by atoms with E-state index in [9.17, 15) is 24.0 Å². The number of nitrogens with one attached hydrogen (secondary N) is 6. The minimum atomic E-state index is -1.07. The summed E-state index contributed by atoms with van der Waals surface area (Å²) in [4.78, 5) is 76.5. The molecule has 14 nitrogen and oxygen atoms in total. The van der Waals surface area contributed by atoms with Crippen LogP contribution in [0.1, 0.15) is 79.2 Å². The molecule has 1 saturated heterocycles. The van der Waals surface area contributed by atoms with E-state index in [-0.39, 0.29) is 43.0 Å². The third-order valence-electron chi connectivity index (χ3n) is 8.49. The van der Waals surface area contributed by atoms with Gasteiger partial charge in [-0.15, -0.1) is 0 Å². The Bertz CT molecular complexity index is 1480. The van der Waals surface area contributed by atoms with Crippen LogP contribution >= 0.6 is 0 Å². The Kier molecular flexibility index (Phi) is 14.4. The first kappa shape index (κ1) is 38.8. The highest BCUT2D eigenvalue weighted by Crippen LogP contribution is 2.20. The van der Waals surface area contributed by atoms with Crippen molar-refractivity contribution in [2.75, 3.05) is 6.54 Å². The van der Waals surface area contributed by atoms with Crippen LogP contribution in [0.5, 0.6) is 0 Å². The first-order valence-corrected chi connectivity index (χ1v) is 17.3. The van der Waals surface area contributed by atoms with Gasteiger partial charge in [-0.05, 0) is 61.5 Å². The maximum Gasteiger partial charge on any atom is 0.243 e. The second kappa shape index (κ2) is 18.2. The molecule has 0 saturated carbocycles. The van der Waals surface area contributed by atoms with E-state index in [2.05, 4.69) is 36.6 Å². The summed E-state index contributed by atoms with van der Waals surface area (Å²) in [5, 5.41) is 15.2. The summed E-state index contributed by atoms with van der Waals surface area (Å²) < 4.78 is 0. The molecule has 1 aromatic carbocycles. The molecule has 1 unspecified atom stereocenters. The van der Waals surface area contributed by atoms with Crippen LogP contribution in [0.15, 0.2) is 35.5 Å². The van der Waals surface area contributed by atoms with E-state index < -0.39 is 59.7 Å². The number of nitrogens with two attached hydrogens (primary N) is 2. The third kappa shape index (κ3) is 11.8. The molecule has 1 fully saturated rings. The third-order valence-corrected chi connectivity index (χ3v) is 8.49. The van der Waals surface area contributed by atoms with Gasteiger partial charge in [-0.2, -0.15) is 0 Å². The number of hydrogen-bond acceptors (Lipinski definition) is 6. The van der Waals surface area contributed by atoms with Crippen LogP contribution in [0.25, 0.3) is 10.9 Å². The lowest BCUT2D eigenvalue weighted by Gasteiger charge is -2.28. The fourth-order valence-corrected chi connectivity index (χ4v) is 5.94. The summed E-state index contributed by atoms with van der Waals surface area (Å²) in [6.45, 7) is 11.6. The first-order chi connectivity index (χ1) is 23.2. The van der Waals surface area contributed by atoms with Crippen molar-refractivity contribution in [2.45, 2.75) is 110 Å². The Morgan fingerprint density at radius 3 is 1.82 bits per heavy atom. The predicted molar refractivity (Wildman–Crippen MR) is 190 cm³/mol. The summed E-state index contributed by atoms with van der Waals surface area (Å²) in [6, 6.07) is 2.59. The smallest absolute Gasteiger partial charge is 0.243 e. The van der Waals surface area contributed by atoms with Gasteiger partial charge in [0, 0.05) is 30.1 Å². The Morgan fingerprint density at radius 2 is 1.22 bits per heavy atom. The van der Waals surface area contributed by atoms with Crippen molar-refractivity contribution in [1.29, 1.82) is 0 Å². The fourth-order valence-electron chi connectivity index (χ4n) is 5.94. The Labute approximate surface area is 288 Å². The van der Waals surface area contributed by atoms with Crippen LogP contribution in [0.2, 0.25) is 0 Å². The van der Waals surface area contributed by atoms with Gasteiger partial charge in [0.15, 0.2) is 5.96 Å². The summed E-state index contributed by atoms with van der Waals surface area (Å²) >= 11 is 0. The average molecular weight is 682 g/mol. The van der Waals surface area contributed by atoms with E-state index in [1.165, 1.54) is 0 Å². The maximum absolute atomic E-state index is 14.1. The van der Waals surface area contributed by atoms with Gasteiger partial charge >= 0.3 is 0 Å². The highest BCUT2D eigenvalue weighted by molar-refractivity contribution is 5.98. The van der Waals surface area contributed by atoms with Crippen LogP contribution in [0.4, 0.5) is 0 Å². The van der Waals surface area contributed by atoms with E-state index in [1.54, 1.807) is 20.0 Å². The SMILES string of the molecule is CC(C)C[C@@H]1NC(=O)C(Cc2c[nH]c3ccccc23)NC(=O)[C@H](CC(C)C)NC(=O)[C@H](C(C)C)NC(=O)[C@H](CCCCN=C(N)N)NC1=O. The molecule has 270 valence electrons. The van der Waals surface area contributed by atoms with E-state index in [0.29, 0.717) is 25.8 Å². The number of unbranched alkanes of at least 4 members (excludes halogenated alkanes) is 1. The van der Waals surface area contributed by atoms with Crippen molar-refractivity contribution >= 4 is 46.4 Å². The molecule has 1 aromatic heterocycles. The lowest BCUT2D eigenvalue weighted by atomic mass is 9.98. The van der Waals surface area contributed by atoms with E-state index >= 15 is 0 Å². The number of para-hydroxylation sites is 1. The number of nitrogens with zero attached hydrogens (tertiary/aromatic N) is 1. The Balaban J connectivity index is 2.04. The van der Waals surface area contributed by atoms with Crippen molar-refractivity contribution in [2.24, 2.45) is 34.2 Å². The van der Waals surface area contributed by atoms with Gasteiger partial charge in [0.2, 0.25) is 29.5 Å². The standard InChI is InChI=1S/C35H55N9O5/c1-19(2)15-26-31(46)40-25(13-9-10-14-38-35(36)37)30(45)44-29(21(5)6)34(49)43-27(16-20(3)4)32(47)42-28(33(48)41-26)17-22-18-39-24-12-8-7-11-23(22)24/h7-8,11-12,18-21,25-29,39H,9-10,13-17H2,1-6H3,(H,40,46)(H,41,48)(H,42,47)(H,43,49)(H,44,45)(H4,36,37,38)/t25-,26-,27-,28?,29-/m0/s1. The molecule has 1 aliphatic heterocycles. The van der Waals surface area contributed by atoms with Gasteiger partial charge in [-0.1, -0.05) is 59.7 Å². The number of H-pyrrole nitrogens is 1. The monoisotopic (exact) mass is 681 g/mol. The van der Waals surface area contributed by atoms with E-state index in [4.69, 9.17) is 11.5 Å². The van der Waals surface area contributed by atoms with Crippen molar-refractivity contribution in [3.05, 3.63) is 36.0 Å². The maximum atomic E-state index is 14.1. The zero-order valence-corrected chi connectivity index (χ0v) is 29.6. The van der Waals surface area contributed by atoms with Crippen molar-refractivity contribution < 1.29 is 24.0 Å². The van der Waals surface area contributed by atoms with Crippen LogP contribution in [0.3, 0.4) is 0 Å². The number of guanidine groups is 1. The molecule has 0 radical (unpaired) electrons. The van der Waals surface area contributed by atoms with Crippen LogP contribution in [0, 0.1) is 17.8 Å². The van der Waals surface area contributed by atoms with Crippen LogP contribution < -0.4 is 38.1 Å². The highest BCUT2D eigenvalue weighted by Gasteiger charge is 2.36. The zero-order valence-electron chi connectivity index (χ0n) is 29.6. The van der Waals surface area contributed by atoms with Crippen LogP contribution in [-0.4, -0.2) is 77.2 Å². The van der Waals surface area contributed by atoms with Crippen LogP contribution in [-0.2, 0) is 30.4 Å². The zero-order chi connectivity index (χ0) is 36.2. The summed E-state index contributed by atoms with van der Waals surface area (Å²) in [6.07, 6.45) is 3.81. The summed E-state index contributed by atoms with van der Waals surface area (Å²) in [5.74, 6) is -3.06. The van der Waals surface area contributed by atoms with E-state index in [1.807, 2.05) is 52.0 Å². The molecule has 0 spiro atoms. The molecular formula is C35H55N9O5. The molecule has 49 heavy (non-hydrogen) atoms.